The number of hydrogen-bond donors (Lipinski definition) is 0. The van der Waals surface area contributed by atoms with Crippen molar-refractivity contribution in [3.63, 3.8) is 0 Å². The molecule has 8 nitrogen and oxygen atoms in total. The number of allylic oxidation sites excluding steroid dienone is 7. The van der Waals surface area contributed by atoms with E-state index in [1.54, 1.807) is 0 Å². The topological polar surface area (TPSA) is 77.8 Å². The van der Waals surface area contributed by atoms with Crippen molar-refractivity contribution in [2.75, 3.05) is 45.1 Å². The molecule has 45 heavy (non-hydrogen) atoms. The largest absolute Gasteiger partial charge is 0.461 e. The lowest BCUT2D eigenvalue weighted by molar-refractivity contribution is -0.118. The smallest absolute Gasteiger partial charge is 0.318 e. The molecule has 4 unspecified atom stereocenters. The molecule has 3 heterocycles. The molecule has 0 aromatic carbocycles. The van der Waals surface area contributed by atoms with Crippen LogP contribution in [0.25, 0.3) is 0 Å². The van der Waals surface area contributed by atoms with Gasteiger partial charge in [0.15, 0.2) is 0 Å². The molecule has 4 atom stereocenters. The van der Waals surface area contributed by atoms with E-state index in [0.717, 1.165) is 69.4 Å². The zero-order valence-electron chi connectivity index (χ0n) is 28.2. The number of hydrogen-bond acceptors (Lipinski definition) is 7. The lowest BCUT2D eigenvalue weighted by Crippen LogP contribution is -2.48. The SMILES string of the molecule is C/C=C(/C)C1=C(N2CCC=C(/N=C(\N=C(/C)N3CC(C=O)C(C=O)CS3)OCC3(CC)CCCN3CCC)C2)C=CC=CC1C. The molecule has 0 saturated carbocycles. The lowest BCUT2D eigenvalue weighted by Gasteiger charge is -2.37. The van der Waals surface area contributed by atoms with E-state index < -0.39 is 0 Å². The molecule has 0 bridgehead atoms. The second-order valence-electron chi connectivity index (χ2n) is 12.7. The summed E-state index contributed by atoms with van der Waals surface area (Å²) in [7, 11) is 0. The Kier molecular flexibility index (Phi) is 12.9. The molecule has 0 radical (unpaired) electrons. The minimum absolute atomic E-state index is 0.0230. The van der Waals surface area contributed by atoms with Crippen LogP contribution in [0.3, 0.4) is 0 Å². The number of aliphatic imine (C=N–C) groups is 2. The van der Waals surface area contributed by atoms with Gasteiger partial charge in [0.1, 0.15) is 25.0 Å². The zero-order valence-corrected chi connectivity index (χ0v) is 29.0. The van der Waals surface area contributed by atoms with E-state index in [0.29, 0.717) is 37.4 Å². The third-order valence-corrected chi connectivity index (χ3v) is 11.0. The third-order valence-electron chi connectivity index (χ3n) is 9.75. The fourth-order valence-corrected chi connectivity index (χ4v) is 8.06. The number of rotatable bonds is 10. The first-order valence-electron chi connectivity index (χ1n) is 16.8. The van der Waals surface area contributed by atoms with Gasteiger partial charge >= 0.3 is 6.02 Å². The van der Waals surface area contributed by atoms with Crippen LogP contribution in [-0.4, -0.2) is 89.2 Å². The van der Waals surface area contributed by atoms with Crippen LogP contribution >= 0.6 is 11.9 Å². The predicted octanol–water partition coefficient (Wildman–Crippen LogP) is 6.60. The van der Waals surface area contributed by atoms with Gasteiger partial charge in [-0.1, -0.05) is 51.2 Å². The van der Waals surface area contributed by atoms with Crippen LogP contribution in [0, 0.1) is 17.8 Å². The summed E-state index contributed by atoms with van der Waals surface area (Å²) >= 11 is 1.54. The van der Waals surface area contributed by atoms with E-state index in [4.69, 9.17) is 14.7 Å². The maximum absolute atomic E-state index is 11.8. The fourth-order valence-electron chi connectivity index (χ4n) is 6.88. The summed E-state index contributed by atoms with van der Waals surface area (Å²) in [6.07, 6.45) is 20.2. The molecule has 0 aromatic heterocycles. The first-order chi connectivity index (χ1) is 21.8. The first-order valence-corrected chi connectivity index (χ1v) is 17.7. The van der Waals surface area contributed by atoms with Crippen molar-refractivity contribution in [2.24, 2.45) is 27.7 Å². The summed E-state index contributed by atoms with van der Waals surface area (Å²) in [6, 6.07) is 0.364. The number of likely N-dealkylation sites (tertiary alicyclic amines) is 1. The summed E-state index contributed by atoms with van der Waals surface area (Å²) in [6.45, 7) is 17.7. The number of carbonyl (C=O) groups excluding carboxylic acids is 2. The third kappa shape index (κ3) is 8.47. The van der Waals surface area contributed by atoms with E-state index in [2.05, 4.69) is 80.9 Å². The van der Waals surface area contributed by atoms with E-state index in [1.165, 1.54) is 35.2 Å². The van der Waals surface area contributed by atoms with Crippen molar-refractivity contribution < 1.29 is 14.3 Å². The first kappa shape index (κ1) is 35.0. The minimum atomic E-state index is -0.345. The van der Waals surface area contributed by atoms with Crippen LogP contribution in [0.15, 0.2) is 69.0 Å². The highest BCUT2D eigenvalue weighted by molar-refractivity contribution is 7.97. The lowest BCUT2D eigenvalue weighted by atomic mass is 9.92. The van der Waals surface area contributed by atoms with E-state index >= 15 is 0 Å². The van der Waals surface area contributed by atoms with Crippen molar-refractivity contribution in [1.29, 1.82) is 0 Å². The number of nitrogens with zero attached hydrogens (tertiary/aromatic N) is 5. The zero-order chi connectivity index (χ0) is 32.4. The molecule has 3 aliphatic heterocycles. The summed E-state index contributed by atoms with van der Waals surface area (Å²) in [5.41, 5.74) is 4.80. The molecule has 1 aliphatic carbocycles. The summed E-state index contributed by atoms with van der Waals surface area (Å²) in [5, 5.41) is 0. The van der Waals surface area contributed by atoms with Gasteiger partial charge in [-0.05, 0) is 95.1 Å². The highest BCUT2D eigenvalue weighted by atomic mass is 32.2. The average molecular weight is 636 g/mol. The highest BCUT2D eigenvalue weighted by Gasteiger charge is 2.40. The van der Waals surface area contributed by atoms with Gasteiger partial charge in [-0.15, -0.1) is 0 Å². The van der Waals surface area contributed by atoms with Crippen molar-refractivity contribution >= 4 is 36.4 Å². The van der Waals surface area contributed by atoms with Gasteiger partial charge in [-0.25, -0.2) is 0 Å². The molecular formula is C36H53N5O3S. The molecule has 0 aromatic rings. The Hall–Kier alpha value is -2.91. The molecule has 0 N–H and O–H groups in total. The van der Waals surface area contributed by atoms with Crippen LogP contribution < -0.4 is 0 Å². The summed E-state index contributed by atoms with van der Waals surface area (Å²) in [4.78, 5) is 38.3. The second kappa shape index (κ2) is 16.6. The Morgan fingerprint density at radius 3 is 2.67 bits per heavy atom. The Bertz CT molecular complexity index is 1280. The van der Waals surface area contributed by atoms with Crippen molar-refractivity contribution in [3.8, 4) is 0 Å². The highest BCUT2D eigenvalue weighted by Crippen LogP contribution is 2.34. The van der Waals surface area contributed by atoms with Crippen LogP contribution in [0.5, 0.6) is 0 Å². The van der Waals surface area contributed by atoms with Gasteiger partial charge in [0, 0.05) is 42.3 Å². The molecular weight excluding hydrogens is 582 g/mol. The maximum Gasteiger partial charge on any atom is 0.318 e. The predicted molar refractivity (Wildman–Crippen MR) is 187 cm³/mol. The number of aldehydes is 2. The standard InChI is InChI=1S/C36H53N5O3S/c1-7-18-40-20-13-17-36(40,9-3)26-44-35(37-29(6)41-21-30(23-42)31(24-43)25-45-41)38-32-15-12-19-39(22-32)33-16-11-10-14-28(5)34(33)27(4)8-2/h8,10-11,14-16,23-24,28,30-31H,7,9,12-13,17-22,25-26H2,1-6H3/b27-8-,37-29+,38-35+. The Morgan fingerprint density at radius 1 is 1.16 bits per heavy atom. The van der Waals surface area contributed by atoms with E-state index in [1.807, 2.05) is 11.2 Å². The summed E-state index contributed by atoms with van der Waals surface area (Å²) in [5.74, 6) is 0.987. The number of ether oxygens (including phenoxy) is 1. The molecule has 4 rings (SSSR count). The molecule has 0 spiro atoms. The van der Waals surface area contributed by atoms with Crippen molar-refractivity contribution in [2.45, 2.75) is 79.2 Å². The quantitative estimate of drug-likeness (QED) is 0.116. The van der Waals surface area contributed by atoms with Gasteiger partial charge in [0.25, 0.3) is 0 Å². The Morgan fingerprint density at radius 2 is 1.96 bits per heavy atom. The van der Waals surface area contributed by atoms with Gasteiger partial charge in [-0.3, -0.25) is 4.90 Å². The van der Waals surface area contributed by atoms with E-state index in [-0.39, 0.29) is 17.4 Å². The van der Waals surface area contributed by atoms with E-state index in [9.17, 15) is 9.59 Å². The van der Waals surface area contributed by atoms with Crippen LogP contribution in [-0.2, 0) is 14.3 Å². The Balaban J connectivity index is 1.64. The second-order valence-corrected chi connectivity index (χ2v) is 13.7. The fraction of sp³-hybridized carbons (Fsp3) is 0.611. The molecule has 9 heteroatoms. The van der Waals surface area contributed by atoms with Crippen molar-refractivity contribution in [3.05, 3.63) is 59.0 Å². The minimum Gasteiger partial charge on any atom is -0.461 e. The normalized spacial score (nSPS) is 28.8. The number of amidine groups is 2. The van der Waals surface area contributed by atoms with Crippen LogP contribution in [0.4, 0.5) is 0 Å². The monoisotopic (exact) mass is 635 g/mol. The average Bonchev–Trinajstić information content (AvgIpc) is 3.35. The van der Waals surface area contributed by atoms with Crippen LogP contribution in [0.1, 0.15) is 73.6 Å². The van der Waals surface area contributed by atoms with Gasteiger partial charge in [-0.2, -0.15) is 9.98 Å². The summed E-state index contributed by atoms with van der Waals surface area (Å²) < 4.78 is 8.62. The van der Waals surface area contributed by atoms with Crippen molar-refractivity contribution in [1.82, 2.24) is 14.1 Å². The Labute approximate surface area is 275 Å². The van der Waals surface area contributed by atoms with Crippen LogP contribution in [0.2, 0.25) is 0 Å². The van der Waals surface area contributed by atoms with Gasteiger partial charge in [0.05, 0.1) is 17.8 Å². The molecule has 2 fully saturated rings. The molecule has 4 aliphatic rings. The van der Waals surface area contributed by atoms with Gasteiger partial charge < -0.3 is 23.5 Å². The molecule has 246 valence electrons. The van der Waals surface area contributed by atoms with Gasteiger partial charge in [0.2, 0.25) is 0 Å². The maximum atomic E-state index is 11.8. The molecule has 0 amide bonds. The number of carbonyl (C=O) groups is 2. The molecule has 2 saturated heterocycles.